The third-order valence-corrected chi connectivity index (χ3v) is 8.28. The highest BCUT2D eigenvalue weighted by Crippen LogP contribution is 2.33. The van der Waals surface area contributed by atoms with Crippen LogP contribution in [0.5, 0.6) is 0 Å². The highest BCUT2D eigenvalue weighted by atomic mass is 16.6. The van der Waals surface area contributed by atoms with Crippen LogP contribution < -0.4 is 10.6 Å². The second-order valence-electron chi connectivity index (χ2n) is 11.9. The van der Waals surface area contributed by atoms with E-state index >= 15 is 0 Å². The zero-order chi connectivity index (χ0) is 42.6. The largest absolute Gasteiger partial charge is 0.464 e. The number of nitro groups is 2. The number of nitrogens with zero attached hydrogens (tertiary/aromatic N) is 6. The van der Waals surface area contributed by atoms with Crippen molar-refractivity contribution in [3.8, 4) is 0 Å². The van der Waals surface area contributed by atoms with Crippen molar-refractivity contribution >= 4 is 47.3 Å². The normalized spacial score (nSPS) is 11.2. The lowest BCUT2D eigenvalue weighted by Gasteiger charge is -2.42. The first-order valence-electron chi connectivity index (χ1n) is 17.5. The lowest BCUT2D eigenvalue weighted by molar-refractivity contribution is -0.392. The standard InChI is InChI=1S/C36H38N8O14/c1-5-55-31(47)35(32(48)56-6-2,39-27(45)25-29(43(51)52)41(21-37-25)19-23-15-11-9-12-16-23)36(33(49)57-7-3,34(50)58-8-4)40-28(46)26-30(44(53)54)42(22-38-26)20-24-17-13-10-14-18-24/h9-18,21-22H,5-8,19-20H2,1-4H3,(H,39,45)(H,40,46). The van der Waals surface area contributed by atoms with Crippen molar-refractivity contribution in [2.45, 2.75) is 51.9 Å². The Morgan fingerprint density at radius 2 is 0.862 bits per heavy atom. The minimum absolute atomic E-state index is 0.195. The molecular weight excluding hydrogens is 768 g/mol. The van der Waals surface area contributed by atoms with Crippen LogP contribution in [0.2, 0.25) is 0 Å². The average Bonchev–Trinajstić information content (AvgIpc) is 3.82. The Hall–Kier alpha value is -7.52. The Bertz CT molecular complexity index is 2000. The van der Waals surface area contributed by atoms with Gasteiger partial charge in [0.1, 0.15) is 13.1 Å². The number of carbonyl (C=O) groups excluding carboxylic acids is 6. The summed E-state index contributed by atoms with van der Waals surface area (Å²) in [6.45, 7) is 2.15. The van der Waals surface area contributed by atoms with Crippen molar-refractivity contribution in [2.24, 2.45) is 0 Å². The Kier molecular flexibility index (Phi) is 14.1. The van der Waals surface area contributed by atoms with Gasteiger partial charge in [-0.25, -0.2) is 38.3 Å². The number of rotatable bonds is 19. The number of ether oxygens (including phenoxy) is 4. The fourth-order valence-electron chi connectivity index (χ4n) is 5.83. The summed E-state index contributed by atoms with van der Waals surface area (Å²) in [5.74, 6) is -13.1. The smallest absolute Gasteiger partial charge is 0.356 e. The highest BCUT2D eigenvalue weighted by Gasteiger charge is 2.76. The molecule has 0 aliphatic heterocycles. The summed E-state index contributed by atoms with van der Waals surface area (Å²) in [6, 6.07) is 16.5. The maximum absolute atomic E-state index is 14.4. The molecule has 22 nitrogen and oxygen atoms in total. The van der Waals surface area contributed by atoms with Gasteiger partial charge in [0.15, 0.2) is 12.7 Å². The maximum Gasteiger partial charge on any atom is 0.356 e. The van der Waals surface area contributed by atoms with Gasteiger partial charge in [-0.15, -0.1) is 0 Å². The lowest BCUT2D eigenvalue weighted by Crippen LogP contribution is -2.84. The van der Waals surface area contributed by atoms with E-state index in [1.807, 2.05) is 10.6 Å². The van der Waals surface area contributed by atoms with Crippen molar-refractivity contribution in [1.29, 1.82) is 0 Å². The van der Waals surface area contributed by atoms with Gasteiger partial charge in [-0.05, 0) is 48.7 Å². The van der Waals surface area contributed by atoms with Gasteiger partial charge in [0.25, 0.3) is 22.9 Å². The summed E-state index contributed by atoms with van der Waals surface area (Å²) in [7, 11) is 0. The van der Waals surface area contributed by atoms with Crippen LogP contribution in [0, 0.1) is 20.2 Å². The van der Waals surface area contributed by atoms with Gasteiger partial charge in [0, 0.05) is 0 Å². The summed E-state index contributed by atoms with van der Waals surface area (Å²) in [5.41, 5.74) is -8.81. The Labute approximate surface area is 328 Å². The quantitative estimate of drug-likeness (QED) is 0.0450. The van der Waals surface area contributed by atoms with Crippen molar-refractivity contribution < 1.29 is 57.6 Å². The maximum atomic E-state index is 14.4. The molecule has 2 amide bonds. The van der Waals surface area contributed by atoms with E-state index in [0.29, 0.717) is 11.1 Å². The molecule has 2 aromatic heterocycles. The summed E-state index contributed by atoms with van der Waals surface area (Å²) in [6.07, 6.45) is 1.82. The molecule has 0 fully saturated rings. The zero-order valence-corrected chi connectivity index (χ0v) is 31.6. The number of imidazole rings is 2. The third kappa shape index (κ3) is 8.49. The molecule has 22 heteroatoms. The van der Waals surface area contributed by atoms with E-state index in [1.54, 1.807) is 60.7 Å². The molecule has 4 aromatic rings. The molecule has 0 saturated carbocycles. The molecule has 306 valence electrons. The van der Waals surface area contributed by atoms with Crippen molar-refractivity contribution in [2.75, 3.05) is 26.4 Å². The number of amides is 2. The van der Waals surface area contributed by atoms with E-state index in [4.69, 9.17) is 18.9 Å². The fourth-order valence-corrected chi connectivity index (χ4v) is 5.83. The monoisotopic (exact) mass is 806 g/mol. The zero-order valence-electron chi connectivity index (χ0n) is 31.6. The van der Waals surface area contributed by atoms with Crippen molar-refractivity contribution in [1.82, 2.24) is 29.7 Å². The number of nitrogens with one attached hydrogen (secondary N) is 2. The van der Waals surface area contributed by atoms with Gasteiger partial charge < -0.3 is 49.8 Å². The molecular formula is C36H38N8O14. The molecule has 0 bridgehead atoms. The van der Waals surface area contributed by atoms with Crippen LogP contribution in [0.15, 0.2) is 73.3 Å². The highest BCUT2D eigenvalue weighted by molar-refractivity contribution is 6.25. The average molecular weight is 807 g/mol. The molecule has 4 rings (SSSR count). The minimum Gasteiger partial charge on any atom is -0.464 e. The second-order valence-corrected chi connectivity index (χ2v) is 11.9. The van der Waals surface area contributed by atoms with Gasteiger partial charge in [0.2, 0.25) is 11.4 Å². The molecule has 2 aromatic carbocycles. The number of hydrogen-bond donors (Lipinski definition) is 2. The molecule has 0 saturated heterocycles. The molecule has 0 atom stereocenters. The Balaban J connectivity index is 2.02. The Morgan fingerprint density at radius 1 is 0.569 bits per heavy atom. The predicted molar refractivity (Wildman–Crippen MR) is 196 cm³/mol. The fraction of sp³-hybridized carbons (Fsp3) is 0.333. The van der Waals surface area contributed by atoms with Gasteiger partial charge in [0.05, 0.1) is 26.4 Å². The predicted octanol–water partition coefficient (Wildman–Crippen LogP) is 1.88. The van der Waals surface area contributed by atoms with Crippen LogP contribution in [-0.4, -0.2) is 102 Å². The van der Waals surface area contributed by atoms with E-state index in [2.05, 4.69) is 9.97 Å². The summed E-state index contributed by atoms with van der Waals surface area (Å²) in [4.78, 5) is 117. The van der Waals surface area contributed by atoms with Crippen LogP contribution >= 0.6 is 0 Å². The molecule has 0 unspecified atom stereocenters. The van der Waals surface area contributed by atoms with Crippen LogP contribution in [0.4, 0.5) is 11.6 Å². The van der Waals surface area contributed by atoms with E-state index in [0.717, 1.165) is 21.8 Å². The molecule has 58 heavy (non-hydrogen) atoms. The van der Waals surface area contributed by atoms with Gasteiger partial charge in [-0.3, -0.25) is 9.59 Å². The summed E-state index contributed by atoms with van der Waals surface area (Å²) in [5, 5.41) is 28.7. The lowest BCUT2D eigenvalue weighted by atomic mass is 9.74. The van der Waals surface area contributed by atoms with E-state index < -0.39 is 106 Å². The molecule has 0 aliphatic rings. The number of benzene rings is 2. The first kappa shape index (κ1) is 43.2. The number of carbonyl (C=O) groups is 6. The van der Waals surface area contributed by atoms with Crippen molar-refractivity contribution in [3.05, 3.63) is 116 Å². The Morgan fingerprint density at radius 3 is 1.12 bits per heavy atom. The topological polar surface area (TPSA) is 285 Å². The van der Waals surface area contributed by atoms with Gasteiger partial charge >= 0.3 is 35.5 Å². The van der Waals surface area contributed by atoms with E-state index in [9.17, 15) is 49.0 Å². The van der Waals surface area contributed by atoms with Gasteiger partial charge in [-0.2, -0.15) is 0 Å². The van der Waals surface area contributed by atoms with Crippen LogP contribution in [0.1, 0.15) is 59.8 Å². The van der Waals surface area contributed by atoms with Crippen molar-refractivity contribution in [3.63, 3.8) is 0 Å². The first-order valence-corrected chi connectivity index (χ1v) is 17.5. The molecule has 2 heterocycles. The van der Waals surface area contributed by atoms with Gasteiger partial charge in [-0.1, -0.05) is 60.7 Å². The third-order valence-electron chi connectivity index (χ3n) is 8.28. The molecule has 0 spiro atoms. The van der Waals surface area contributed by atoms with E-state index in [-0.39, 0.29) is 13.1 Å². The first-order chi connectivity index (χ1) is 27.7. The molecule has 2 N–H and O–H groups in total. The summed E-state index contributed by atoms with van der Waals surface area (Å²) >= 11 is 0. The van der Waals surface area contributed by atoms with E-state index in [1.165, 1.54) is 27.7 Å². The SMILES string of the molecule is CCOC(=O)C(NC(=O)c1ncn(Cc2ccccc2)c1[N+](=O)[O-])(C(=O)OCC)C(NC(=O)c1ncn(Cc2ccccc2)c1[N+](=O)[O-])(C(=O)OCC)C(=O)OCC. The van der Waals surface area contributed by atoms with Crippen LogP contribution in [-0.2, 0) is 51.2 Å². The number of aromatic nitrogens is 4. The van der Waals surface area contributed by atoms with Crippen LogP contribution in [0.25, 0.3) is 0 Å². The number of esters is 4. The minimum atomic E-state index is -3.90. The summed E-state index contributed by atoms with van der Waals surface area (Å²) < 4.78 is 22.5. The second kappa shape index (κ2) is 18.9. The van der Waals surface area contributed by atoms with Crippen LogP contribution in [0.3, 0.4) is 0 Å². The molecule has 0 radical (unpaired) electrons. The molecule has 0 aliphatic carbocycles. The number of hydrogen-bond acceptors (Lipinski definition) is 16.